The summed E-state index contributed by atoms with van der Waals surface area (Å²) in [5, 5.41) is 2.96. The summed E-state index contributed by atoms with van der Waals surface area (Å²) < 4.78 is 26.6. The third-order valence-corrected chi connectivity index (χ3v) is 5.62. The maximum Gasteiger partial charge on any atom is 0.251 e. The Morgan fingerprint density at radius 1 is 1.17 bits per heavy atom. The van der Waals surface area contributed by atoms with E-state index in [2.05, 4.69) is 10.0 Å². The monoisotopic (exact) mass is 341 g/mol. The molecule has 1 amide bonds. The van der Waals surface area contributed by atoms with Crippen molar-refractivity contribution in [3.63, 3.8) is 0 Å². The average Bonchev–Trinajstić information content (AvgIpc) is 2.51. The number of amides is 1. The Hall–Kier alpha value is -1.44. The lowest BCUT2D eigenvalue weighted by Crippen LogP contribution is -2.52. The summed E-state index contributed by atoms with van der Waals surface area (Å²) >= 11 is 0. The Labute approximate surface area is 138 Å². The fourth-order valence-electron chi connectivity index (χ4n) is 2.24. The second-order valence-electron chi connectivity index (χ2n) is 5.95. The zero-order valence-corrected chi connectivity index (χ0v) is 15.0. The van der Waals surface area contributed by atoms with Gasteiger partial charge in [0.05, 0.1) is 10.4 Å². The molecule has 0 bridgehead atoms. The van der Waals surface area contributed by atoms with Gasteiger partial charge in [0.1, 0.15) is 0 Å². The number of sulfonamides is 1. The van der Waals surface area contributed by atoms with E-state index < -0.39 is 15.6 Å². The van der Waals surface area contributed by atoms with E-state index in [4.69, 9.17) is 5.73 Å². The molecule has 0 aromatic heterocycles. The number of nitrogens with two attached hydrogens (primary N) is 1. The number of carbonyl (C=O) groups is 1. The van der Waals surface area contributed by atoms with Gasteiger partial charge in [-0.1, -0.05) is 13.8 Å². The number of hydrogen-bond donors (Lipinski definition) is 3. The molecule has 0 spiro atoms. The van der Waals surface area contributed by atoms with Crippen molar-refractivity contribution in [1.29, 1.82) is 0 Å². The molecule has 1 aromatic carbocycles. The summed E-state index contributed by atoms with van der Waals surface area (Å²) in [6.45, 7) is 7.81. The molecule has 0 atom stereocenters. The summed E-state index contributed by atoms with van der Waals surface area (Å²) in [7, 11) is -3.55. The smallest absolute Gasteiger partial charge is 0.251 e. The number of hydrogen-bond acceptors (Lipinski definition) is 4. The van der Waals surface area contributed by atoms with Gasteiger partial charge in [0.25, 0.3) is 5.91 Å². The van der Waals surface area contributed by atoms with E-state index in [0.29, 0.717) is 12.1 Å². The first-order chi connectivity index (χ1) is 10.7. The van der Waals surface area contributed by atoms with Gasteiger partial charge in [-0.15, -0.1) is 0 Å². The largest absolute Gasteiger partial charge is 0.345 e. The predicted octanol–water partition coefficient (Wildman–Crippen LogP) is 1.62. The predicted molar refractivity (Wildman–Crippen MR) is 91.7 cm³/mol. The Morgan fingerprint density at radius 2 is 1.70 bits per heavy atom. The summed E-state index contributed by atoms with van der Waals surface area (Å²) in [4.78, 5) is 12.5. The van der Waals surface area contributed by atoms with Crippen LogP contribution in [0.4, 0.5) is 0 Å². The SMILES string of the molecule is CCC(CC)(CN)NC(=O)c1ccc(S(=O)(=O)NC(C)C)cc1. The topological polar surface area (TPSA) is 101 Å². The number of benzene rings is 1. The van der Waals surface area contributed by atoms with Gasteiger partial charge in [-0.25, -0.2) is 13.1 Å². The van der Waals surface area contributed by atoms with Crippen molar-refractivity contribution in [2.75, 3.05) is 6.54 Å². The van der Waals surface area contributed by atoms with E-state index >= 15 is 0 Å². The minimum atomic E-state index is -3.55. The minimum absolute atomic E-state index is 0.138. The van der Waals surface area contributed by atoms with Gasteiger partial charge in [-0.2, -0.15) is 0 Å². The molecule has 0 heterocycles. The molecule has 1 rings (SSSR count). The highest BCUT2D eigenvalue weighted by molar-refractivity contribution is 7.89. The summed E-state index contributed by atoms with van der Waals surface area (Å²) in [6, 6.07) is 5.69. The maximum absolute atomic E-state index is 12.3. The van der Waals surface area contributed by atoms with Gasteiger partial charge >= 0.3 is 0 Å². The van der Waals surface area contributed by atoms with Crippen LogP contribution in [0.1, 0.15) is 50.9 Å². The van der Waals surface area contributed by atoms with Crippen LogP contribution in [0.2, 0.25) is 0 Å². The van der Waals surface area contributed by atoms with E-state index in [9.17, 15) is 13.2 Å². The van der Waals surface area contributed by atoms with Crippen molar-refractivity contribution in [2.45, 2.75) is 57.0 Å². The first-order valence-electron chi connectivity index (χ1n) is 7.84. The lowest BCUT2D eigenvalue weighted by Gasteiger charge is -2.31. The molecule has 0 aliphatic heterocycles. The van der Waals surface area contributed by atoms with Crippen LogP contribution >= 0.6 is 0 Å². The van der Waals surface area contributed by atoms with Crippen molar-refractivity contribution in [3.05, 3.63) is 29.8 Å². The minimum Gasteiger partial charge on any atom is -0.345 e. The Bertz CT molecular complexity index is 612. The third kappa shape index (κ3) is 5.02. The van der Waals surface area contributed by atoms with E-state index in [1.165, 1.54) is 24.3 Å². The summed E-state index contributed by atoms with van der Waals surface area (Å²) in [5.41, 5.74) is 5.76. The van der Waals surface area contributed by atoms with Crippen LogP contribution in [0.25, 0.3) is 0 Å². The second-order valence-corrected chi connectivity index (χ2v) is 7.66. The van der Waals surface area contributed by atoms with E-state index in [-0.39, 0.29) is 16.8 Å². The van der Waals surface area contributed by atoms with Gasteiger partial charge in [0.15, 0.2) is 0 Å². The highest BCUT2D eigenvalue weighted by Crippen LogP contribution is 2.16. The molecular formula is C16H27N3O3S. The van der Waals surface area contributed by atoms with Gasteiger partial charge < -0.3 is 11.1 Å². The maximum atomic E-state index is 12.3. The zero-order chi connectivity index (χ0) is 17.7. The molecule has 4 N–H and O–H groups in total. The third-order valence-electron chi connectivity index (χ3n) is 3.94. The van der Waals surface area contributed by atoms with Crippen LogP contribution < -0.4 is 15.8 Å². The first-order valence-corrected chi connectivity index (χ1v) is 9.33. The molecule has 6 nitrogen and oxygen atoms in total. The molecular weight excluding hydrogens is 314 g/mol. The zero-order valence-electron chi connectivity index (χ0n) is 14.2. The Morgan fingerprint density at radius 3 is 2.09 bits per heavy atom. The van der Waals surface area contributed by atoms with E-state index in [0.717, 1.165) is 12.8 Å². The summed E-state index contributed by atoms with van der Waals surface area (Å²) in [5.74, 6) is -0.250. The number of carbonyl (C=O) groups excluding carboxylic acids is 1. The average molecular weight is 341 g/mol. The van der Waals surface area contributed by atoms with Crippen LogP contribution in [0.3, 0.4) is 0 Å². The molecule has 1 aromatic rings. The molecule has 7 heteroatoms. The summed E-state index contributed by atoms with van der Waals surface area (Å²) in [6.07, 6.45) is 1.47. The second kappa shape index (κ2) is 7.90. The Balaban J connectivity index is 2.94. The molecule has 0 saturated carbocycles. The fourth-order valence-corrected chi connectivity index (χ4v) is 3.49. The molecule has 0 fully saturated rings. The van der Waals surface area contributed by atoms with Crippen molar-refractivity contribution in [1.82, 2.24) is 10.0 Å². The van der Waals surface area contributed by atoms with Crippen LogP contribution in [-0.4, -0.2) is 32.5 Å². The molecule has 23 heavy (non-hydrogen) atoms. The standard InChI is InChI=1S/C16H27N3O3S/c1-5-16(6-2,11-17)18-15(20)13-7-9-14(10-8-13)23(21,22)19-12(3)4/h7-10,12,19H,5-6,11,17H2,1-4H3,(H,18,20). The normalized spacial score (nSPS) is 12.4. The number of rotatable bonds is 8. The fraction of sp³-hybridized carbons (Fsp3) is 0.562. The molecule has 0 unspecified atom stereocenters. The van der Waals surface area contributed by atoms with Crippen LogP contribution in [-0.2, 0) is 10.0 Å². The van der Waals surface area contributed by atoms with Crippen molar-refractivity contribution >= 4 is 15.9 Å². The molecule has 0 radical (unpaired) electrons. The van der Waals surface area contributed by atoms with Gasteiger partial charge in [-0.3, -0.25) is 4.79 Å². The lowest BCUT2D eigenvalue weighted by molar-refractivity contribution is 0.0895. The van der Waals surface area contributed by atoms with E-state index in [1.54, 1.807) is 13.8 Å². The van der Waals surface area contributed by atoms with Gasteiger partial charge in [-0.05, 0) is 51.0 Å². The van der Waals surface area contributed by atoms with Crippen LogP contribution in [0.5, 0.6) is 0 Å². The first kappa shape index (κ1) is 19.6. The van der Waals surface area contributed by atoms with E-state index in [1.807, 2.05) is 13.8 Å². The van der Waals surface area contributed by atoms with Crippen LogP contribution in [0, 0.1) is 0 Å². The molecule has 130 valence electrons. The number of nitrogens with one attached hydrogen (secondary N) is 2. The quantitative estimate of drug-likeness (QED) is 0.669. The van der Waals surface area contributed by atoms with Crippen molar-refractivity contribution < 1.29 is 13.2 Å². The van der Waals surface area contributed by atoms with Crippen molar-refractivity contribution in [2.24, 2.45) is 5.73 Å². The lowest BCUT2D eigenvalue weighted by atomic mass is 9.92. The van der Waals surface area contributed by atoms with Crippen LogP contribution in [0.15, 0.2) is 29.2 Å². The molecule has 0 aliphatic carbocycles. The Kier molecular flexibility index (Phi) is 6.73. The van der Waals surface area contributed by atoms with Crippen molar-refractivity contribution in [3.8, 4) is 0 Å². The van der Waals surface area contributed by atoms with Gasteiger partial charge in [0.2, 0.25) is 10.0 Å². The molecule has 0 saturated heterocycles. The highest BCUT2D eigenvalue weighted by atomic mass is 32.2. The molecule has 0 aliphatic rings. The highest BCUT2D eigenvalue weighted by Gasteiger charge is 2.27. The van der Waals surface area contributed by atoms with Gasteiger partial charge in [0, 0.05) is 18.2 Å².